The number of aryl methyl sites for hydroxylation is 1. The number of furan rings is 1. The molecule has 0 aliphatic rings. The lowest BCUT2D eigenvalue weighted by atomic mass is 9.96. The molecule has 1 aromatic heterocycles. The Morgan fingerprint density at radius 2 is 1.97 bits per heavy atom. The number of benzene rings is 2. The summed E-state index contributed by atoms with van der Waals surface area (Å²) in [6.45, 7) is 11.0. The molecule has 3 rings (SSSR count). The lowest BCUT2D eigenvalue weighted by molar-refractivity contribution is -0.116. The van der Waals surface area contributed by atoms with Gasteiger partial charge in [-0.3, -0.25) is 4.79 Å². The van der Waals surface area contributed by atoms with E-state index < -0.39 is 0 Å². The number of allylic oxidation sites excluding steroid dienone is 1. The van der Waals surface area contributed by atoms with E-state index >= 15 is 0 Å². The summed E-state index contributed by atoms with van der Waals surface area (Å²) in [5, 5.41) is 3.81. The Morgan fingerprint density at radius 3 is 2.60 bits per heavy atom. The first-order chi connectivity index (χ1) is 14.3. The van der Waals surface area contributed by atoms with Crippen molar-refractivity contribution in [3.05, 3.63) is 59.6 Å². The number of hydrogen-bond acceptors (Lipinski definition) is 3. The van der Waals surface area contributed by atoms with Gasteiger partial charge in [-0.25, -0.2) is 4.39 Å². The van der Waals surface area contributed by atoms with E-state index in [0.29, 0.717) is 24.8 Å². The number of carbonyl (C=O) groups excluding carboxylic acids is 1. The van der Waals surface area contributed by atoms with Crippen LogP contribution in [0.5, 0.6) is 5.75 Å². The Bertz CT molecular complexity index is 1080. The Balaban J connectivity index is 2.12. The van der Waals surface area contributed by atoms with Crippen molar-refractivity contribution in [1.29, 1.82) is 0 Å². The number of hydrogen-bond donors (Lipinski definition) is 1. The van der Waals surface area contributed by atoms with Crippen molar-refractivity contribution < 1.29 is 18.3 Å². The van der Waals surface area contributed by atoms with E-state index in [9.17, 15) is 9.18 Å². The van der Waals surface area contributed by atoms with E-state index in [-0.39, 0.29) is 11.7 Å². The number of rotatable bonds is 7. The molecular formula is C25H28FNO3. The third kappa shape index (κ3) is 4.56. The van der Waals surface area contributed by atoms with Crippen LogP contribution in [-0.2, 0) is 4.79 Å². The smallest absolute Gasteiger partial charge is 0.244 e. The first-order valence-corrected chi connectivity index (χ1v) is 10.2. The predicted octanol–water partition coefficient (Wildman–Crippen LogP) is 6.12. The van der Waals surface area contributed by atoms with Gasteiger partial charge in [0.15, 0.2) is 0 Å². The van der Waals surface area contributed by atoms with Gasteiger partial charge in [0.25, 0.3) is 0 Å². The SMILES string of the molecule is CCOc1c(/C(C)=C/C(=O)NCC(C)C)cc2c(-c3ccc(F)cc3)coc2c1C. The number of halogens is 1. The van der Waals surface area contributed by atoms with Crippen molar-refractivity contribution >= 4 is 22.4 Å². The maximum atomic E-state index is 13.4. The summed E-state index contributed by atoms with van der Waals surface area (Å²) >= 11 is 0. The molecule has 0 saturated carbocycles. The fraction of sp³-hybridized carbons (Fsp3) is 0.320. The van der Waals surface area contributed by atoms with Gasteiger partial charge in [0.2, 0.25) is 5.91 Å². The number of fused-ring (bicyclic) bond motifs is 1. The summed E-state index contributed by atoms with van der Waals surface area (Å²) in [5.41, 5.74) is 4.96. The fourth-order valence-electron chi connectivity index (χ4n) is 3.42. The number of amides is 1. The van der Waals surface area contributed by atoms with Gasteiger partial charge in [0, 0.05) is 34.7 Å². The van der Waals surface area contributed by atoms with Gasteiger partial charge < -0.3 is 14.5 Å². The fourth-order valence-corrected chi connectivity index (χ4v) is 3.42. The standard InChI is InChI=1S/C25H28FNO3/c1-6-29-24-17(5)25-21(22(14-30-25)18-7-9-19(26)10-8-18)12-20(24)16(4)11-23(28)27-13-15(2)3/h7-12,14-15H,6,13H2,1-5H3,(H,27,28)/b16-11+. The molecule has 0 fully saturated rings. The largest absolute Gasteiger partial charge is 0.493 e. The van der Waals surface area contributed by atoms with Gasteiger partial charge in [-0.05, 0) is 56.0 Å². The summed E-state index contributed by atoms with van der Waals surface area (Å²) in [7, 11) is 0. The number of ether oxygens (including phenoxy) is 1. The molecule has 30 heavy (non-hydrogen) atoms. The van der Waals surface area contributed by atoms with Crippen molar-refractivity contribution in [3.8, 4) is 16.9 Å². The molecule has 0 bridgehead atoms. The van der Waals surface area contributed by atoms with Gasteiger partial charge in [0.1, 0.15) is 17.1 Å². The van der Waals surface area contributed by atoms with E-state index in [1.54, 1.807) is 24.5 Å². The van der Waals surface area contributed by atoms with Crippen molar-refractivity contribution in [2.75, 3.05) is 13.2 Å². The van der Waals surface area contributed by atoms with Crippen LogP contribution in [0.15, 0.2) is 47.1 Å². The zero-order chi connectivity index (χ0) is 21.8. The minimum absolute atomic E-state index is 0.132. The van der Waals surface area contributed by atoms with E-state index in [1.807, 2.05) is 26.8 Å². The van der Waals surface area contributed by atoms with Crippen LogP contribution in [-0.4, -0.2) is 19.1 Å². The molecule has 0 radical (unpaired) electrons. The van der Waals surface area contributed by atoms with E-state index in [1.165, 1.54) is 12.1 Å². The quantitative estimate of drug-likeness (QED) is 0.478. The van der Waals surface area contributed by atoms with Crippen LogP contribution in [0.1, 0.15) is 38.8 Å². The first-order valence-electron chi connectivity index (χ1n) is 10.2. The average molecular weight is 410 g/mol. The van der Waals surface area contributed by atoms with Gasteiger partial charge in [0.05, 0.1) is 12.9 Å². The van der Waals surface area contributed by atoms with Gasteiger partial charge in [-0.2, -0.15) is 0 Å². The molecule has 4 nitrogen and oxygen atoms in total. The van der Waals surface area contributed by atoms with Gasteiger partial charge >= 0.3 is 0 Å². The summed E-state index contributed by atoms with van der Waals surface area (Å²) in [4.78, 5) is 12.3. The molecule has 0 spiro atoms. The zero-order valence-corrected chi connectivity index (χ0v) is 18.1. The van der Waals surface area contributed by atoms with Gasteiger partial charge in [-0.15, -0.1) is 0 Å². The highest BCUT2D eigenvalue weighted by Gasteiger charge is 2.19. The molecule has 1 heterocycles. The zero-order valence-electron chi connectivity index (χ0n) is 18.1. The summed E-state index contributed by atoms with van der Waals surface area (Å²) in [6, 6.07) is 8.30. The van der Waals surface area contributed by atoms with Crippen molar-refractivity contribution in [2.45, 2.75) is 34.6 Å². The van der Waals surface area contributed by atoms with E-state index in [0.717, 1.165) is 38.8 Å². The Kier molecular flexibility index (Phi) is 6.60. The average Bonchev–Trinajstić information content (AvgIpc) is 3.13. The van der Waals surface area contributed by atoms with Crippen LogP contribution in [0, 0.1) is 18.7 Å². The minimum Gasteiger partial charge on any atom is -0.493 e. The van der Waals surface area contributed by atoms with Crippen LogP contribution in [0.4, 0.5) is 4.39 Å². The highest BCUT2D eigenvalue weighted by atomic mass is 19.1. The third-order valence-electron chi connectivity index (χ3n) is 4.94. The van der Waals surface area contributed by atoms with Crippen LogP contribution < -0.4 is 10.1 Å². The highest BCUT2D eigenvalue weighted by molar-refractivity contribution is 6.01. The van der Waals surface area contributed by atoms with Crippen LogP contribution in [0.25, 0.3) is 27.7 Å². The molecule has 2 aromatic carbocycles. The molecule has 158 valence electrons. The maximum absolute atomic E-state index is 13.4. The maximum Gasteiger partial charge on any atom is 0.244 e. The second kappa shape index (κ2) is 9.16. The monoisotopic (exact) mass is 409 g/mol. The highest BCUT2D eigenvalue weighted by Crippen LogP contribution is 2.40. The summed E-state index contributed by atoms with van der Waals surface area (Å²) in [5.74, 6) is 0.667. The molecular weight excluding hydrogens is 381 g/mol. The lowest BCUT2D eigenvalue weighted by Crippen LogP contribution is -2.25. The predicted molar refractivity (Wildman–Crippen MR) is 119 cm³/mol. The van der Waals surface area contributed by atoms with Crippen molar-refractivity contribution in [1.82, 2.24) is 5.32 Å². The third-order valence-corrected chi connectivity index (χ3v) is 4.94. The molecule has 5 heteroatoms. The van der Waals surface area contributed by atoms with Gasteiger partial charge in [-0.1, -0.05) is 26.0 Å². The van der Waals surface area contributed by atoms with E-state index in [2.05, 4.69) is 19.2 Å². The molecule has 1 amide bonds. The summed E-state index contributed by atoms with van der Waals surface area (Å²) in [6.07, 6.45) is 3.28. The topological polar surface area (TPSA) is 51.5 Å². The molecule has 1 N–H and O–H groups in total. The number of nitrogens with one attached hydrogen (secondary N) is 1. The molecule has 0 atom stereocenters. The molecule has 0 saturated heterocycles. The van der Waals surface area contributed by atoms with Crippen LogP contribution >= 0.6 is 0 Å². The second-order valence-corrected chi connectivity index (χ2v) is 7.81. The molecule has 0 aliphatic heterocycles. The summed E-state index contributed by atoms with van der Waals surface area (Å²) < 4.78 is 25.1. The van der Waals surface area contributed by atoms with Crippen LogP contribution in [0.3, 0.4) is 0 Å². The van der Waals surface area contributed by atoms with Crippen molar-refractivity contribution in [2.24, 2.45) is 5.92 Å². The molecule has 0 aliphatic carbocycles. The van der Waals surface area contributed by atoms with Crippen molar-refractivity contribution in [3.63, 3.8) is 0 Å². The minimum atomic E-state index is -0.284. The normalized spacial score (nSPS) is 11.9. The van der Waals surface area contributed by atoms with E-state index in [4.69, 9.17) is 9.15 Å². The Hall–Kier alpha value is -3.08. The second-order valence-electron chi connectivity index (χ2n) is 7.81. The lowest BCUT2D eigenvalue weighted by Gasteiger charge is -2.15. The Morgan fingerprint density at radius 1 is 1.27 bits per heavy atom. The number of carbonyl (C=O) groups is 1. The first kappa shape index (κ1) is 21.6. The Labute approximate surface area is 176 Å². The molecule has 3 aromatic rings. The van der Waals surface area contributed by atoms with Crippen LogP contribution in [0.2, 0.25) is 0 Å². The molecule has 0 unspecified atom stereocenters.